The summed E-state index contributed by atoms with van der Waals surface area (Å²) in [5.41, 5.74) is 4.98. The third-order valence-corrected chi connectivity index (χ3v) is 7.35. The van der Waals surface area contributed by atoms with Crippen LogP contribution in [0.2, 0.25) is 0 Å². The van der Waals surface area contributed by atoms with Crippen molar-refractivity contribution in [2.24, 2.45) is 5.92 Å². The van der Waals surface area contributed by atoms with Crippen molar-refractivity contribution >= 4 is 23.2 Å². The molecular formula is C32H39N3O2. The minimum atomic E-state index is -0.210. The van der Waals surface area contributed by atoms with Crippen LogP contribution in [0.25, 0.3) is 0 Å². The van der Waals surface area contributed by atoms with E-state index in [0.717, 1.165) is 60.2 Å². The molecule has 1 fully saturated rings. The molecule has 5 heteroatoms. The van der Waals surface area contributed by atoms with Gasteiger partial charge >= 0.3 is 0 Å². The van der Waals surface area contributed by atoms with Crippen LogP contribution in [0.5, 0.6) is 0 Å². The maximum absolute atomic E-state index is 14.0. The summed E-state index contributed by atoms with van der Waals surface area (Å²) in [4.78, 5) is 30.9. The molecule has 1 aliphatic rings. The summed E-state index contributed by atoms with van der Waals surface area (Å²) >= 11 is 0. The van der Waals surface area contributed by atoms with Crippen molar-refractivity contribution in [3.63, 3.8) is 0 Å². The van der Waals surface area contributed by atoms with E-state index in [4.69, 9.17) is 0 Å². The van der Waals surface area contributed by atoms with E-state index in [1.54, 1.807) is 0 Å². The van der Waals surface area contributed by atoms with Gasteiger partial charge in [-0.05, 0) is 54.2 Å². The van der Waals surface area contributed by atoms with Gasteiger partial charge in [-0.15, -0.1) is 0 Å². The smallest absolute Gasteiger partial charge is 0.230 e. The Morgan fingerprint density at radius 3 is 2.16 bits per heavy atom. The number of nitrogens with one attached hydrogen (secondary N) is 1. The van der Waals surface area contributed by atoms with Gasteiger partial charge in [0.25, 0.3) is 0 Å². The van der Waals surface area contributed by atoms with E-state index in [9.17, 15) is 9.59 Å². The molecule has 0 aromatic heterocycles. The lowest BCUT2D eigenvalue weighted by Gasteiger charge is -2.29. The Labute approximate surface area is 221 Å². The number of nitrogens with zero attached hydrogens (tertiary/aromatic N) is 2. The van der Waals surface area contributed by atoms with Crippen molar-refractivity contribution in [1.29, 1.82) is 0 Å². The van der Waals surface area contributed by atoms with Crippen molar-refractivity contribution in [3.8, 4) is 0 Å². The summed E-state index contributed by atoms with van der Waals surface area (Å²) in [6.07, 6.45) is 4.91. The van der Waals surface area contributed by atoms with E-state index in [-0.39, 0.29) is 23.7 Å². The summed E-state index contributed by atoms with van der Waals surface area (Å²) in [6, 6.07) is 26.2. The lowest BCUT2D eigenvalue weighted by atomic mass is 9.94. The number of hydrogen-bond acceptors (Lipinski definition) is 3. The molecule has 0 aliphatic heterocycles. The van der Waals surface area contributed by atoms with E-state index >= 15 is 0 Å². The molecule has 2 amide bonds. The predicted octanol–water partition coefficient (Wildman–Crippen LogP) is 6.60. The van der Waals surface area contributed by atoms with Crippen LogP contribution in [0, 0.1) is 5.92 Å². The molecule has 0 radical (unpaired) electrons. The molecule has 3 aromatic rings. The minimum Gasteiger partial charge on any atom is -0.377 e. The second-order valence-corrected chi connectivity index (χ2v) is 10.3. The fourth-order valence-electron chi connectivity index (χ4n) is 5.34. The van der Waals surface area contributed by atoms with Crippen LogP contribution in [0.4, 0.5) is 11.4 Å². The number of carbonyl (C=O) groups is 2. The molecule has 0 saturated heterocycles. The Morgan fingerprint density at radius 1 is 0.892 bits per heavy atom. The summed E-state index contributed by atoms with van der Waals surface area (Å²) < 4.78 is 0. The number of rotatable bonds is 10. The first kappa shape index (κ1) is 26.5. The maximum atomic E-state index is 14.0. The fourth-order valence-corrected chi connectivity index (χ4v) is 5.34. The van der Waals surface area contributed by atoms with Gasteiger partial charge in [0.15, 0.2) is 0 Å². The molecule has 3 aromatic carbocycles. The van der Waals surface area contributed by atoms with Crippen LogP contribution in [0.15, 0.2) is 78.9 Å². The molecule has 1 atom stereocenters. The third-order valence-electron chi connectivity index (χ3n) is 7.35. The number of hydrogen-bond donors (Lipinski definition) is 1. The highest BCUT2D eigenvalue weighted by Gasteiger charge is 2.26. The quantitative estimate of drug-likeness (QED) is 0.343. The number of anilines is 2. The SMILES string of the molecule is CC[C@H](C(=O)N(Cc1ccccc1)Cc1cc(NC(=O)C2CCCC2)ccc1N(C)C)c1ccccc1. The first-order valence-electron chi connectivity index (χ1n) is 13.4. The average molecular weight is 498 g/mol. The zero-order valence-electron chi connectivity index (χ0n) is 22.3. The van der Waals surface area contributed by atoms with Gasteiger partial charge in [0, 0.05) is 44.5 Å². The van der Waals surface area contributed by atoms with Crippen LogP contribution >= 0.6 is 0 Å². The summed E-state index contributed by atoms with van der Waals surface area (Å²) in [5, 5.41) is 3.14. The molecule has 0 bridgehead atoms. The second kappa shape index (κ2) is 12.6. The van der Waals surface area contributed by atoms with Gasteiger partial charge in [-0.2, -0.15) is 0 Å². The molecule has 194 valence electrons. The molecule has 0 spiro atoms. The van der Waals surface area contributed by atoms with E-state index in [1.165, 1.54) is 0 Å². The molecule has 1 aliphatic carbocycles. The largest absolute Gasteiger partial charge is 0.377 e. The van der Waals surface area contributed by atoms with Crippen molar-refractivity contribution < 1.29 is 9.59 Å². The van der Waals surface area contributed by atoms with E-state index in [2.05, 4.69) is 29.3 Å². The molecule has 0 unspecified atom stereocenters. The van der Waals surface area contributed by atoms with Crippen LogP contribution in [-0.4, -0.2) is 30.8 Å². The Hall–Kier alpha value is -3.60. The molecular weight excluding hydrogens is 458 g/mol. The summed E-state index contributed by atoms with van der Waals surface area (Å²) in [5.74, 6) is 0.110. The Kier molecular flexibility index (Phi) is 8.99. The average Bonchev–Trinajstić information content (AvgIpc) is 3.45. The molecule has 0 heterocycles. The predicted molar refractivity (Wildman–Crippen MR) is 152 cm³/mol. The first-order valence-corrected chi connectivity index (χ1v) is 13.4. The van der Waals surface area contributed by atoms with E-state index in [1.807, 2.05) is 85.7 Å². The van der Waals surface area contributed by atoms with Gasteiger partial charge in [0.05, 0.1) is 5.92 Å². The van der Waals surface area contributed by atoms with Crippen molar-refractivity contribution in [3.05, 3.63) is 95.6 Å². The van der Waals surface area contributed by atoms with Crippen molar-refractivity contribution in [2.75, 3.05) is 24.3 Å². The highest BCUT2D eigenvalue weighted by atomic mass is 16.2. The Bertz CT molecular complexity index is 1170. The van der Waals surface area contributed by atoms with E-state index < -0.39 is 0 Å². The number of carbonyl (C=O) groups excluding carboxylic acids is 2. The van der Waals surface area contributed by atoms with Crippen LogP contribution < -0.4 is 10.2 Å². The van der Waals surface area contributed by atoms with Gasteiger partial charge in [-0.1, -0.05) is 80.4 Å². The number of benzene rings is 3. The maximum Gasteiger partial charge on any atom is 0.230 e. The van der Waals surface area contributed by atoms with Gasteiger partial charge in [0.2, 0.25) is 11.8 Å². The van der Waals surface area contributed by atoms with Gasteiger partial charge < -0.3 is 15.1 Å². The zero-order valence-corrected chi connectivity index (χ0v) is 22.3. The summed E-state index contributed by atoms with van der Waals surface area (Å²) in [6.45, 7) is 3.05. The minimum absolute atomic E-state index is 0.101. The molecule has 5 nitrogen and oxygen atoms in total. The summed E-state index contributed by atoms with van der Waals surface area (Å²) in [7, 11) is 4.02. The Balaban J connectivity index is 1.64. The number of amides is 2. The zero-order chi connectivity index (χ0) is 26.2. The van der Waals surface area contributed by atoms with E-state index in [0.29, 0.717) is 13.1 Å². The first-order chi connectivity index (χ1) is 18.0. The third kappa shape index (κ3) is 6.79. The Morgan fingerprint density at radius 2 is 1.54 bits per heavy atom. The lowest BCUT2D eigenvalue weighted by Crippen LogP contribution is -2.34. The normalized spacial score (nSPS) is 14.2. The van der Waals surface area contributed by atoms with Crippen molar-refractivity contribution in [2.45, 2.75) is 58.0 Å². The second-order valence-electron chi connectivity index (χ2n) is 10.3. The molecule has 1 N–H and O–H groups in total. The van der Waals surface area contributed by atoms with Gasteiger partial charge in [-0.25, -0.2) is 0 Å². The highest BCUT2D eigenvalue weighted by molar-refractivity contribution is 5.93. The standard InChI is InChI=1S/C32H39N3O2/c1-4-29(25-15-9-6-10-16-25)32(37)35(22-24-13-7-5-8-14-24)23-27-21-28(19-20-30(27)34(2)3)33-31(36)26-17-11-12-18-26/h5-10,13-16,19-21,26,29H,4,11-12,17-18,22-23H2,1-3H3,(H,33,36)/t29-/m0/s1. The van der Waals surface area contributed by atoms with Crippen LogP contribution in [0.3, 0.4) is 0 Å². The van der Waals surface area contributed by atoms with Crippen LogP contribution in [-0.2, 0) is 22.7 Å². The molecule has 4 rings (SSSR count). The highest BCUT2D eigenvalue weighted by Crippen LogP contribution is 2.30. The topological polar surface area (TPSA) is 52.7 Å². The van der Waals surface area contributed by atoms with Crippen molar-refractivity contribution in [1.82, 2.24) is 4.90 Å². The monoisotopic (exact) mass is 497 g/mol. The van der Waals surface area contributed by atoms with Crippen LogP contribution in [0.1, 0.15) is 61.6 Å². The van der Waals surface area contributed by atoms with Gasteiger partial charge in [0.1, 0.15) is 0 Å². The lowest BCUT2D eigenvalue weighted by molar-refractivity contribution is -0.134. The molecule has 37 heavy (non-hydrogen) atoms. The van der Waals surface area contributed by atoms with Gasteiger partial charge in [-0.3, -0.25) is 9.59 Å². The fraction of sp³-hybridized carbons (Fsp3) is 0.375. The molecule has 1 saturated carbocycles.